The third-order valence-electron chi connectivity index (χ3n) is 3.44. The van der Waals surface area contributed by atoms with Gasteiger partial charge in [0.05, 0.1) is 12.0 Å². The molecule has 0 radical (unpaired) electrons. The van der Waals surface area contributed by atoms with Gasteiger partial charge in [-0.2, -0.15) is 13.2 Å². The van der Waals surface area contributed by atoms with Crippen molar-refractivity contribution in [3.05, 3.63) is 65.2 Å². The molecule has 1 amide bonds. The molecule has 3 rings (SSSR count). The number of halogens is 3. The highest BCUT2D eigenvalue weighted by atomic mass is 19.4. The minimum Gasteiger partial charge on any atom is -0.444 e. The Morgan fingerprint density at radius 1 is 1.17 bits per heavy atom. The quantitative estimate of drug-likeness (QED) is 0.836. The highest BCUT2D eigenvalue weighted by molar-refractivity contribution is 5.94. The van der Waals surface area contributed by atoms with E-state index in [1.165, 1.54) is 0 Å². The van der Waals surface area contributed by atoms with Crippen LogP contribution in [0.1, 0.15) is 21.5 Å². The van der Waals surface area contributed by atoms with E-state index >= 15 is 0 Å². The molecule has 1 aliphatic rings. The first kappa shape index (κ1) is 15.4. The molecule has 2 N–H and O–H groups in total. The zero-order valence-corrected chi connectivity index (χ0v) is 11.7. The first-order chi connectivity index (χ1) is 10.8. The smallest absolute Gasteiger partial charge is 0.416 e. The van der Waals surface area contributed by atoms with Crippen LogP contribution >= 0.6 is 0 Å². The summed E-state index contributed by atoms with van der Waals surface area (Å²) < 4.78 is 43.3. The highest BCUT2D eigenvalue weighted by Gasteiger charge is 2.41. The standard InChI is InChI=1S/C16H12F3NO3/c17-16(18,19)12-6-7-13-11(8-12)9-15(22,23-13)20-14(21)10-4-2-1-3-5-10/h1-8,22H,9H2,(H,20,21)/t15-/m0/s1. The van der Waals surface area contributed by atoms with Crippen LogP contribution in [0.3, 0.4) is 0 Å². The van der Waals surface area contributed by atoms with Crippen molar-refractivity contribution in [2.24, 2.45) is 0 Å². The summed E-state index contributed by atoms with van der Waals surface area (Å²) in [5.74, 6) is -2.55. The lowest BCUT2D eigenvalue weighted by atomic mass is 10.1. The summed E-state index contributed by atoms with van der Waals surface area (Å²) in [6, 6.07) is 11.0. The Labute approximate surface area is 129 Å². The number of hydrogen-bond acceptors (Lipinski definition) is 3. The molecular weight excluding hydrogens is 311 g/mol. The Bertz CT molecular complexity index is 746. The largest absolute Gasteiger partial charge is 0.444 e. The fourth-order valence-corrected chi connectivity index (χ4v) is 2.38. The van der Waals surface area contributed by atoms with Gasteiger partial charge < -0.3 is 9.84 Å². The van der Waals surface area contributed by atoms with E-state index in [4.69, 9.17) is 4.74 Å². The maximum absolute atomic E-state index is 12.7. The number of benzene rings is 2. The SMILES string of the molecule is O=C(N[C@]1(O)Cc2cc(C(F)(F)F)ccc2O1)c1ccccc1. The molecule has 1 heterocycles. The van der Waals surface area contributed by atoms with Crippen LogP contribution in [0.25, 0.3) is 0 Å². The van der Waals surface area contributed by atoms with Crippen LogP contribution in [0.2, 0.25) is 0 Å². The summed E-state index contributed by atoms with van der Waals surface area (Å²) in [7, 11) is 0. The first-order valence-corrected chi connectivity index (χ1v) is 6.76. The van der Waals surface area contributed by atoms with E-state index in [1.807, 2.05) is 0 Å². The zero-order valence-electron chi connectivity index (χ0n) is 11.7. The summed E-state index contributed by atoms with van der Waals surface area (Å²) in [5, 5.41) is 12.6. The van der Waals surface area contributed by atoms with E-state index in [2.05, 4.69) is 5.32 Å². The van der Waals surface area contributed by atoms with Gasteiger partial charge in [-0.3, -0.25) is 10.1 Å². The minimum absolute atomic E-state index is 0.105. The zero-order chi connectivity index (χ0) is 16.7. The number of nitrogens with one attached hydrogen (secondary N) is 1. The van der Waals surface area contributed by atoms with Crippen molar-refractivity contribution in [3.8, 4) is 5.75 Å². The van der Waals surface area contributed by atoms with Crippen LogP contribution in [0.4, 0.5) is 13.2 Å². The number of carbonyl (C=O) groups is 1. The number of carbonyl (C=O) groups excluding carboxylic acids is 1. The van der Waals surface area contributed by atoms with Gasteiger partial charge in [-0.25, -0.2) is 0 Å². The minimum atomic E-state index is -4.48. The van der Waals surface area contributed by atoms with Gasteiger partial charge in [-0.1, -0.05) is 18.2 Å². The van der Waals surface area contributed by atoms with Crippen molar-refractivity contribution >= 4 is 5.91 Å². The maximum Gasteiger partial charge on any atom is 0.416 e. The lowest BCUT2D eigenvalue weighted by molar-refractivity contribution is -0.138. The number of rotatable bonds is 2. The normalized spacial score (nSPS) is 19.8. The number of alkyl halides is 3. The van der Waals surface area contributed by atoms with E-state index in [-0.39, 0.29) is 17.7 Å². The van der Waals surface area contributed by atoms with Gasteiger partial charge in [0.25, 0.3) is 11.8 Å². The van der Waals surface area contributed by atoms with Crippen LogP contribution in [0.5, 0.6) is 5.75 Å². The molecule has 0 aromatic heterocycles. The molecule has 4 nitrogen and oxygen atoms in total. The number of aliphatic hydroxyl groups is 1. The number of fused-ring (bicyclic) bond motifs is 1. The molecule has 0 unspecified atom stereocenters. The molecule has 0 saturated carbocycles. The van der Waals surface area contributed by atoms with E-state index in [9.17, 15) is 23.1 Å². The molecule has 0 fully saturated rings. The van der Waals surface area contributed by atoms with Crippen LogP contribution in [-0.4, -0.2) is 16.9 Å². The number of hydrogen-bond donors (Lipinski definition) is 2. The summed E-state index contributed by atoms with van der Waals surface area (Å²) in [6.07, 6.45) is -4.76. The predicted octanol–water partition coefficient (Wildman–Crippen LogP) is 2.72. The first-order valence-electron chi connectivity index (χ1n) is 6.76. The van der Waals surface area contributed by atoms with Gasteiger partial charge in [0.2, 0.25) is 0 Å². The molecule has 7 heteroatoms. The second kappa shape index (κ2) is 5.27. The average molecular weight is 323 g/mol. The molecule has 120 valence electrons. The van der Waals surface area contributed by atoms with Gasteiger partial charge in [-0.15, -0.1) is 0 Å². The Hall–Kier alpha value is -2.54. The number of ether oxygens (including phenoxy) is 1. The Morgan fingerprint density at radius 3 is 2.52 bits per heavy atom. The summed E-state index contributed by atoms with van der Waals surface area (Å²) in [4.78, 5) is 12.1. The lowest BCUT2D eigenvalue weighted by Crippen LogP contribution is -2.52. The number of amides is 1. The predicted molar refractivity (Wildman–Crippen MR) is 74.6 cm³/mol. The van der Waals surface area contributed by atoms with Crippen molar-refractivity contribution in [3.63, 3.8) is 0 Å². The van der Waals surface area contributed by atoms with Gasteiger partial charge in [0.1, 0.15) is 5.75 Å². The summed E-state index contributed by atoms with van der Waals surface area (Å²) in [5.41, 5.74) is -0.356. The van der Waals surface area contributed by atoms with Gasteiger partial charge in [0, 0.05) is 11.1 Å². The maximum atomic E-state index is 12.7. The fraction of sp³-hybridized carbons (Fsp3) is 0.188. The van der Waals surface area contributed by atoms with Crippen LogP contribution < -0.4 is 10.1 Å². The van der Waals surface area contributed by atoms with Crippen molar-refractivity contribution < 1.29 is 27.8 Å². The van der Waals surface area contributed by atoms with Gasteiger partial charge in [-0.05, 0) is 30.3 Å². The Balaban J connectivity index is 1.79. The van der Waals surface area contributed by atoms with Gasteiger partial charge >= 0.3 is 6.18 Å². The highest BCUT2D eigenvalue weighted by Crippen LogP contribution is 2.37. The topological polar surface area (TPSA) is 58.6 Å². The molecular formula is C16H12F3NO3. The molecule has 1 aliphatic heterocycles. The van der Waals surface area contributed by atoms with Crippen molar-refractivity contribution in [1.29, 1.82) is 0 Å². The monoisotopic (exact) mass is 323 g/mol. The molecule has 0 aliphatic carbocycles. The molecule has 0 bridgehead atoms. The third kappa shape index (κ3) is 3.14. The van der Waals surface area contributed by atoms with E-state index < -0.39 is 23.6 Å². The van der Waals surface area contributed by atoms with Crippen molar-refractivity contribution in [1.82, 2.24) is 5.32 Å². The second-order valence-electron chi connectivity index (χ2n) is 5.20. The summed E-state index contributed by atoms with van der Waals surface area (Å²) in [6.45, 7) is 0. The Kier molecular flexibility index (Phi) is 3.52. The van der Waals surface area contributed by atoms with E-state index in [0.29, 0.717) is 5.56 Å². The molecule has 2 aromatic carbocycles. The summed E-state index contributed by atoms with van der Waals surface area (Å²) >= 11 is 0. The molecule has 0 spiro atoms. The lowest BCUT2D eigenvalue weighted by Gasteiger charge is -2.23. The third-order valence-corrected chi connectivity index (χ3v) is 3.44. The van der Waals surface area contributed by atoms with Crippen LogP contribution in [0, 0.1) is 0 Å². The van der Waals surface area contributed by atoms with Crippen LogP contribution in [0.15, 0.2) is 48.5 Å². The van der Waals surface area contributed by atoms with Gasteiger partial charge in [0.15, 0.2) is 0 Å². The molecule has 2 aromatic rings. The van der Waals surface area contributed by atoms with E-state index in [1.54, 1.807) is 30.3 Å². The van der Waals surface area contributed by atoms with Crippen molar-refractivity contribution in [2.75, 3.05) is 0 Å². The second-order valence-corrected chi connectivity index (χ2v) is 5.20. The van der Waals surface area contributed by atoms with Crippen molar-refractivity contribution in [2.45, 2.75) is 18.5 Å². The van der Waals surface area contributed by atoms with Crippen LogP contribution in [-0.2, 0) is 12.6 Å². The molecule has 23 heavy (non-hydrogen) atoms. The Morgan fingerprint density at radius 2 is 1.87 bits per heavy atom. The fourth-order valence-electron chi connectivity index (χ4n) is 2.38. The molecule has 1 atom stereocenters. The molecule has 0 saturated heterocycles. The average Bonchev–Trinajstić information content (AvgIpc) is 2.82. The van der Waals surface area contributed by atoms with E-state index in [0.717, 1.165) is 18.2 Å².